The lowest BCUT2D eigenvalue weighted by atomic mass is 10.1. The van der Waals surface area contributed by atoms with Gasteiger partial charge >= 0.3 is 0 Å². The van der Waals surface area contributed by atoms with E-state index in [1.807, 2.05) is 25.1 Å². The van der Waals surface area contributed by atoms with Gasteiger partial charge in [0.2, 0.25) is 5.56 Å². The average Bonchev–Trinajstić information content (AvgIpc) is 2.67. The highest BCUT2D eigenvalue weighted by Gasteiger charge is 2.17. The van der Waals surface area contributed by atoms with Crippen molar-refractivity contribution in [2.45, 2.75) is 57.9 Å². The molecule has 0 bridgehead atoms. The van der Waals surface area contributed by atoms with Gasteiger partial charge in [0, 0.05) is 36.1 Å². The second kappa shape index (κ2) is 9.80. The topological polar surface area (TPSA) is 82.3 Å². The van der Waals surface area contributed by atoms with E-state index in [1.165, 1.54) is 6.07 Å². The van der Waals surface area contributed by atoms with Crippen LogP contribution in [0.15, 0.2) is 34.0 Å². The Morgan fingerprint density at radius 2 is 2.00 bits per heavy atom. The van der Waals surface area contributed by atoms with Crippen molar-refractivity contribution >= 4 is 27.8 Å². The van der Waals surface area contributed by atoms with Gasteiger partial charge in [-0.2, -0.15) is 0 Å². The van der Waals surface area contributed by atoms with Crippen molar-refractivity contribution in [2.75, 3.05) is 13.1 Å². The minimum absolute atomic E-state index is 0.00813. The van der Waals surface area contributed by atoms with Gasteiger partial charge in [-0.3, -0.25) is 9.59 Å². The molecule has 2 aromatic rings. The fourth-order valence-corrected chi connectivity index (χ4v) is 4.01. The molecule has 2 atom stereocenters. The first-order chi connectivity index (χ1) is 12.9. The van der Waals surface area contributed by atoms with Crippen LogP contribution < -0.4 is 10.9 Å². The summed E-state index contributed by atoms with van der Waals surface area (Å²) in [7, 11) is -1.31. The van der Waals surface area contributed by atoms with E-state index in [4.69, 9.17) is 0 Å². The Bertz CT molecular complexity index is 878. The van der Waals surface area contributed by atoms with Crippen molar-refractivity contribution in [3.05, 3.63) is 40.2 Å². The first-order valence-corrected chi connectivity index (χ1v) is 10.7. The highest BCUT2D eigenvalue weighted by atomic mass is 32.2. The summed E-state index contributed by atoms with van der Waals surface area (Å²) in [4.78, 5) is 28.0. The maximum atomic E-state index is 13.0. The summed E-state index contributed by atoms with van der Waals surface area (Å²) >= 11 is 0. The third-order valence-electron chi connectivity index (χ3n) is 4.60. The van der Waals surface area contributed by atoms with E-state index in [0.29, 0.717) is 27.9 Å². The first kappa shape index (κ1) is 21.3. The number of H-pyrrole nitrogens is 1. The Balaban J connectivity index is 2.46. The van der Waals surface area contributed by atoms with E-state index in [-0.39, 0.29) is 17.5 Å². The number of carbonyl (C=O) groups excluding carboxylic acids is 1. The minimum atomic E-state index is -1.31. The van der Waals surface area contributed by atoms with Crippen LogP contribution in [0.4, 0.5) is 0 Å². The standard InChI is InChI=1S/C20H29N3O3S/c1-5-8-11-23(7-3)27(26)15-9-10-18-16(12-15)17(13-19(24)22-18)20(25)21-14(4)6-2/h9-10,12-14H,5-8,11H2,1-4H3,(H,21,25)(H,22,24). The van der Waals surface area contributed by atoms with Crippen molar-refractivity contribution in [1.29, 1.82) is 0 Å². The molecule has 27 heavy (non-hydrogen) atoms. The van der Waals surface area contributed by atoms with Gasteiger partial charge in [-0.05, 0) is 38.0 Å². The number of carbonyl (C=O) groups is 1. The molecule has 0 radical (unpaired) electrons. The maximum Gasteiger partial charge on any atom is 0.252 e. The normalized spacial score (nSPS) is 13.7. The van der Waals surface area contributed by atoms with Gasteiger partial charge in [0.25, 0.3) is 5.91 Å². The van der Waals surface area contributed by atoms with Crippen LogP contribution in [0.25, 0.3) is 10.9 Å². The van der Waals surface area contributed by atoms with E-state index in [9.17, 15) is 13.8 Å². The molecule has 1 heterocycles. The van der Waals surface area contributed by atoms with E-state index in [1.54, 1.807) is 18.2 Å². The van der Waals surface area contributed by atoms with Crippen LogP contribution in [-0.4, -0.2) is 38.5 Å². The number of hydrogen-bond acceptors (Lipinski definition) is 3. The summed E-state index contributed by atoms with van der Waals surface area (Å²) in [6, 6.07) is 6.54. The SMILES string of the molecule is CCCCN(CC)S(=O)c1ccc2[nH]c(=O)cc(C(=O)NC(C)CC)c2c1. The van der Waals surface area contributed by atoms with Gasteiger partial charge in [-0.15, -0.1) is 0 Å². The molecule has 0 aliphatic heterocycles. The number of amides is 1. The molecule has 7 heteroatoms. The number of benzene rings is 1. The molecule has 0 saturated heterocycles. The lowest BCUT2D eigenvalue weighted by Crippen LogP contribution is -2.32. The molecule has 2 unspecified atom stereocenters. The molecule has 2 rings (SSSR count). The summed E-state index contributed by atoms with van der Waals surface area (Å²) < 4.78 is 14.9. The van der Waals surface area contributed by atoms with Crippen LogP contribution in [0.3, 0.4) is 0 Å². The number of nitrogens with zero attached hydrogens (tertiary/aromatic N) is 1. The van der Waals surface area contributed by atoms with Gasteiger partial charge in [-0.1, -0.05) is 27.2 Å². The number of nitrogens with one attached hydrogen (secondary N) is 2. The monoisotopic (exact) mass is 391 g/mol. The molecule has 1 aromatic carbocycles. The molecule has 0 fully saturated rings. The van der Waals surface area contributed by atoms with E-state index in [2.05, 4.69) is 17.2 Å². The number of aromatic amines is 1. The molecule has 0 aliphatic carbocycles. The van der Waals surface area contributed by atoms with Crippen LogP contribution >= 0.6 is 0 Å². The average molecular weight is 392 g/mol. The predicted octanol–water partition coefficient (Wildman–Crippen LogP) is 3.20. The summed E-state index contributed by atoms with van der Waals surface area (Å²) in [5.74, 6) is -0.290. The Kier molecular flexibility index (Phi) is 7.74. The molecule has 148 valence electrons. The Morgan fingerprint density at radius 1 is 1.26 bits per heavy atom. The molecular weight excluding hydrogens is 362 g/mol. The fraction of sp³-hybridized carbons (Fsp3) is 0.500. The lowest BCUT2D eigenvalue weighted by Gasteiger charge is -2.19. The van der Waals surface area contributed by atoms with E-state index in [0.717, 1.165) is 25.8 Å². The smallest absolute Gasteiger partial charge is 0.252 e. The zero-order valence-electron chi connectivity index (χ0n) is 16.5. The van der Waals surface area contributed by atoms with Crippen LogP contribution in [0.5, 0.6) is 0 Å². The Morgan fingerprint density at radius 3 is 2.63 bits per heavy atom. The summed E-state index contributed by atoms with van der Waals surface area (Å²) in [6.07, 6.45) is 2.81. The van der Waals surface area contributed by atoms with Crippen molar-refractivity contribution in [3.8, 4) is 0 Å². The van der Waals surface area contributed by atoms with Crippen molar-refractivity contribution in [1.82, 2.24) is 14.6 Å². The van der Waals surface area contributed by atoms with Gasteiger partial charge in [0.15, 0.2) is 0 Å². The van der Waals surface area contributed by atoms with Crippen LogP contribution in [0, 0.1) is 0 Å². The zero-order chi connectivity index (χ0) is 20.0. The number of fused-ring (bicyclic) bond motifs is 1. The summed E-state index contributed by atoms with van der Waals surface area (Å²) in [5, 5.41) is 3.50. The molecule has 2 N–H and O–H groups in total. The van der Waals surface area contributed by atoms with Crippen molar-refractivity contribution in [2.24, 2.45) is 0 Å². The van der Waals surface area contributed by atoms with E-state index < -0.39 is 11.0 Å². The second-order valence-corrected chi connectivity index (χ2v) is 8.15. The molecule has 1 amide bonds. The highest BCUT2D eigenvalue weighted by Crippen LogP contribution is 2.21. The van der Waals surface area contributed by atoms with E-state index >= 15 is 0 Å². The first-order valence-electron chi connectivity index (χ1n) is 9.56. The molecule has 6 nitrogen and oxygen atoms in total. The number of aromatic nitrogens is 1. The summed E-state index contributed by atoms with van der Waals surface area (Å²) in [6.45, 7) is 9.42. The molecule has 1 aromatic heterocycles. The summed E-state index contributed by atoms with van der Waals surface area (Å²) in [5.41, 5.74) is 0.544. The second-order valence-electron chi connectivity index (χ2n) is 6.66. The Labute approximate surface area is 162 Å². The van der Waals surface area contributed by atoms with Gasteiger partial charge in [0.05, 0.1) is 10.5 Å². The van der Waals surface area contributed by atoms with Gasteiger partial charge in [-0.25, -0.2) is 8.51 Å². The molecule has 0 spiro atoms. The number of rotatable bonds is 9. The largest absolute Gasteiger partial charge is 0.350 e. The predicted molar refractivity (Wildman–Crippen MR) is 110 cm³/mol. The quantitative estimate of drug-likeness (QED) is 0.689. The van der Waals surface area contributed by atoms with Crippen LogP contribution in [0.2, 0.25) is 0 Å². The van der Waals surface area contributed by atoms with Crippen molar-refractivity contribution < 1.29 is 9.00 Å². The zero-order valence-corrected chi connectivity index (χ0v) is 17.3. The number of pyridine rings is 1. The fourth-order valence-electron chi connectivity index (χ4n) is 2.77. The Hall–Kier alpha value is -1.99. The van der Waals surface area contributed by atoms with Gasteiger partial charge < -0.3 is 10.3 Å². The van der Waals surface area contributed by atoms with Crippen LogP contribution in [-0.2, 0) is 11.0 Å². The minimum Gasteiger partial charge on any atom is -0.350 e. The van der Waals surface area contributed by atoms with Crippen LogP contribution in [0.1, 0.15) is 57.3 Å². The lowest BCUT2D eigenvalue weighted by molar-refractivity contribution is 0.0940. The third-order valence-corrected chi connectivity index (χ3v) is 6.17. The molecular formula is C20H29N3O3S. The van der Waals surface area contributed by atoms with Gasteiger partial charge in [0.1, 0.15) is 11.0 Å². The van der Waals surface area contributed by atoms with Crippen molar-refractivity contribution in [3.63, 3.8) is 0 Å². The highest BCUT2D eigenvalue weighted by molar-refractivity contribution is 7.82. The molecule has 0 saturated carbocycles. The molecule has 0 aliphatic rings. The number of hydrogen-bond donors (Lipinski definition) is 2. The third kappa shape index (κ3) is 5.26. The number of unbranched alkanes of at least 4 members (excludes halogenated alkanes) is 1. The maximum absolute atomic E-state index is 13.0.